The van der Waals surface area contributed by atoms with E-state index in [9.17, 15) is 14.4 Å². The third kappa shape index (κ3) is 3.29. The Morgan fingerprint density at radius 3 is 1.52 bits per heavy atom. The molecule has 0 fully saturated rings. The molecule has 0 unspecified atom stereocenters. The summed E-state index contributed by atoms with van der Waals surface area (Å²) in [5.74, 6) is -0.913. The van der Waals surface area contributed by atoms with Gasteiger partial charge in [0.2, 0.25) is 0 Å². The van der Waals surface area contributed by atoms with Gasteiger partial charge in [0.15, 0.2) is 5.78 Å². The van der Waals surface area contributed by atoms with Crippen molar-refractivity contribution >= 4 is 23.3 Å². The van der Waals surface area contributed by atoms with Gasteiger partial charge < -0.3 is 0 Å². The summed E-state index contributed by atoms with van der Waals surface area (Å²) in [6, 6.07) is 6.67. The van der Waals surface area contributed by atoms with E-state index in [1.807, 2.05) is 41.5 Å². The molecule has 5 heteroatoms. The number of carbonyl (C=O) groups is 3. The first-order chi connectivity index (χ1) is 12.4. The van der Waals surface area contributed by atoms with Gasteiger partial charge in [0.05, 0.1) is 16.8 Å². The van der Waals surface area contributed by atoms with E-state index >= 15 is 0 Å². The van der Waals surface area contributed by atoms with Crippen molar-refractivity contribution < 1.29 is 14.4 Å². The smallest absolute Gasteiger partial charge is 0.282 e. The predicted octanol–water partition coefficient (Wildman–Crippen LogP) is 4.17. The van der Waals surface area contributed by atoms with Gasteiger partial charge in [0.1, 0.15) is 0 Å². The van der Waals surface area contributed by atoms with E-state index < -0.39 is 11.8 Å². The molecule has 2 amide bonds. The SMILES string of the molecule is CC(C)(C)C1=CC(=NN2C(=O)c3ccccc3C2=O)C=C(C(C)(C)C)C1=O. The van der Waals surface area contributed by atoms with Crippen molar-refractivity contribution in [2.75, 3.05) is 0 Å². The maximum atomic E-state index is 13.0. The largest absolute Gasteiger partial charge is 0.289 e. The minimum atomic E-state index is -0.448. The van der Waals surface area contributed by atoms with Crippen molar-refractivity contribution in [1.29, 1.82) is 0 Å². The lowest BCUT2D eigenvalue weighted by Crippen LogP contribution is -2.31. The minimum absolute atomic E-state index is 0.0173. The highest BCUT2D eigenvalue weighted by molar-refractivity contribution is 6.25. The van der Waals surface area contributed by atoms with Gasteiger partial charge >= 0.3 is 0 Å². The van der Waals surface area contributed by atoms with E-state index in [0.29, 0.717) is 28.0 Å². The van der Waals surface area contributed by atoms with Crippen LogP contribution in [0.2, 0.25) is 0 Å². The number of hydrogen-bond donors (Lipinski definition) is 0. The molecule has 1 aliphatic heterocycles. The maximum absolute atomic E-state index is 13.0. The van der Waals surface area contributed by atoms with Crippen LogP contribution in [0.25, 0.3) is 0 Å². The Balaban J connectivity index is 2.11. The number of imide groups is 1. The van der Waals surface area contributed by atoms with Gasteiger partial charge in [0, 0.05) is 11.1 Å². The van der Waals surface area contributed by atoms with Gasteiger partial charge in [-0.15, -0.1) is 0 Å². The molecule has 0 aromatic heterocycles. The number of fused-ring (bicyclic) bond motifs is 1. The molecule has 0 N–H and O–H groups in total. The van der Waals surface area contributed by atoms with Gasteiger partial charge in [0.25, 0.3) is 11.8 Å². The maximum Gasteiger partial charge on any atom is 0.282 e. The molecule has 3 rings (SSSR count). The lowest BCUT2D eigenvalue weighted by atomic mass is 9.72. The number of nitrogens with zero attached hydrogens (tertiary/aromatic N) is 2. The van der Waals surface area contributed by atoms with Gasteiger partial charge in [-0.3, -0.25) is 14.4 Å². The number of Topliss-reactive ketones (excluding diaryl/α,β-unsaturated/α-hetero) is 1. The fraction of sp³-hybridized carbons (Fsp3) is 0.364. The molecule has 0 saturated heterocycles. The molecule has 27 heavy (non-hydrogen) atoms. The molecule has 0 bridgehead atoms. The zero-order chi connectivity index (χ0) is 20.1. The van der Waals surface area contributed by atoms with Crippen LogP contribution in [0, 0.1) is 10.8 Å². The fourth-order valence-electron chi connectivity index (χ4n) is 3.17. The molecule has 1 aliphatic carbocycles. The van der Waals surface area contributed by atoms with Crippen LogP contribution in [0.15, 0.2) is 52.7 Å². The minimum Gasteiger partial charge on any atom is -0.289 e. The van der Waals surface area contributed by atoms with E-state index in [4.69, 9.17) is 0 Å². The van der Waals surface area contributed by atoms with Crippen LogP contribution in [0.1, 0.15) is 62.3 Å². The Morgan fingerprint density at radius 2 is 1.15 bits per heavy atom. The Labute approximate surface area is 159 Å². The van der Waals surface area contributed by atoms with Crippen LogP contribution in [0.3, 0.4) is 0 Å². The second kappa shape index (κ2) is 6.12. The molecule has 2 aliphatic rings. The van der Waals surface area contributed by atoms with Crippen molar-refractivity contribution in [3.8, 4) is 0 Å². The molecule has 1 heterocycles. The zero-order valence-electron chi connectivity index (χ0n) is 16.6. The molecule has 0 spiro atoms. The monoisotopic (exact) mass is 364 g/mol. The normalized spacial score (nSPS) is 17.8. The summed E-state index contributed by atoms with van der Waals surface area (Å²) < 4.78 is 0. The summed E-state index contributed by atoms with van der Waals surface area (Å²) >= 11 is 0. The van der Waals surface area contributed by atoms with Gasteiger partial charge in [-0.25, -0.2) is 0 Å². The first-order valence-electron chi connectivity index (χ1n) is 8.97. The third-order valence-electron chi connectivity index (χ3n) is 4.68. The number of hydrazone groups is 1. The fourth-order valence-corrected chi connectivity index (χ4v) is 3.17. The number of amides is 2. The lowest BCUT2D eigenvalue weighted by molar-refractivity contribution is -0.114. The first-order valence-corrected chi connectivity index (χ1v) is 8.97. The van der Waals surface area contributed by atoms with Crippen LogP contribution >= 0.6 is 0 Å². The summed E-state index contributed by atoms with van der Waals surface area (Å²) in [7, 11) is 0. The highest BCUT2D eigenvalue weighted by Crippen LogP contribution is 2.37. The molecule has 140 valence electrons. The summed E-state index contributed by atoms with van der Waals surface area (Å²) in [4.78, 5) is 38.2. The molecule has 0 saturated carbocycles. The summed E-state index contributed by atoms with van der Waals surface area (Å²) in [5.41, 5.74) is 1.59. The number of ketones is 1. The van der Waals surface area contributed by atoms with Crippen LogP contribution in [-0.2, 0) is 4.79 Å². The number of rotatable bonds is 1. The standard InChI is InChI=1S/C22H24N2O3/c1-21(2,3)16-11-13(12-17(18(16)25)22(4,5)6)23-24-19(26)14-9-7-8-10-15(14)20(24)27/h7-12H,1-6H3. The van der Waals surface area contributed by atoms with Crippen LogP contribution in [-0.4, -0.2) is 28.3 Å². The highest BCUT2D eigenvalue weighted by atomic mass is 16.2. The summed E-state index contributed by atoms with van der Waals surface area (Å²) in [5, 5.41) is 5.21. The second-order valence-electron chi connectivity index (χ2n) is 8.94. The number of allylic oxidation sites excluding steroid dienone is 4. The van der Waals surface area contributed by atoms with Crippen molar-refractivity contribution in [2.45, 2.75) is 41.5 Å². The quantitative estimate of drug-likeness (QED) is 0.555. The molecule has 0 atom stereocenters. The number of carbonyl (C=O) groups excluding carboxylic acids is 3. The predicted molar refractivity (Wildman–Crippen MR) is 104 cm³/mol. The molecule has 5 nitrogen and oxygen atoms in total. The van der Waals surface area contributed by atoms with E-state index in [2.05, 4.69) is 5.10 Å². The average Bonchev–Trinajstić information content (AvgIpc) is 2.79. The first kappa shape index (κ1) is 19.0. The lowest BCUT2D eigenvalue weighted by Gasteiger charge is -2.31. The highest BCUT2D eigenvalue weighted by Gasteiger charge is 2.38. The second-order valence-corrected chi connectivity index (χ2v) is 8.94. The van der Waals surface area contributed by atoms with Gasteiger partial charge in [-0.05, 0) is 35.1 Å². The summed E-state index contributed by atoms with van der Waals surface area (Å²) in [6.07, 6.45) is 3.36. The molecule has 1 aromatic rings. The molecule has 1 aromatic carbocycles. The molecular formula is C22H24N2O3. The number of hydrogen-bond acceptors (Lipinski definition) is 4. The van der Waals surface area contributed by atoms with Crippen molar-refractivity contribution in [2.24, 2.45) is 15.9 Å². The summed E-state index contributed by atoms with van der Waals surface area (Å²) in [6.45, 7) is 11.8. The Bertz CT molecular complexity index is 880. The number of benzene rings is 1. The molecule has 0 radical (unpaired) electrons. The average molecular weight is 364 g/mol. The Hall–Kier alpha value is -2.82. The van der Waals surface area contributed by atoms with Crippen molar-refractivity contribution in [3.05, 3.63) is 58.7 Å². The van der Waals surface area contributed by atoms with E-state index in [1.165, 1.54) is 0 Å². The van der Waals surface area contributed by atoms with Crippen LogP contribution in [0.4, 0.5) is 0 Å². The van der Waals surface area contributed by atoms with E-state index in [0.717, 1.165) is 5.01 Å². The van der Waals surface area contributed by atoms with Gasteiger partial charge in [-0.2, -0.15) is 10.1 Å². The van der Waals surface area contributed by atoms with Crippen molar-refractivity contribution in [3.63, 3.8) is 0 Å². The molecular weight excluding hydrogens is 340 g/mol. The van der Waals surface area contributed by atoms with Gasteiger partial charge in [-0.1, -0.05) is 53.7 Å². The third-order valence-corrected chi connectivity index (χ3v) is 4.68. The van der Waals surface area contributed by atoms with Crippen LogP contribution in [0.5, 0.6) is 0 Å². The van der Waals surface area contributed by atoms with E-state index in [-0.39, 0.29) is 16.6 Å². The zero-order valence-corrected chi connectivity index (χ0v) is 16.6. The van der Waals surface area contributed by atoms with Crippen LogP contribution < -0.4 is 0 Å². The van der Waals surface area contributed by atoms with E-state index in [1.54, 1.807) is 36.4 Å². The Morgan fingerprint density at radius 1 is 0.741 bits per heavy atom. The Kier molecular flexibility index (Phi) is 4.29. The van der Waals surface area contributed by atoms with Crippen molar-refractivity contribution in [1.82, 2.24) is 5.01 Å². The topological polar surface area (TPSA) is 66.8 Å².